The lowest BCUT2D eigenvalue weighted by Gasteiger charge is -2.24. The third kappa shape index (κ3) is 4.78. The highest BCUT2D eigenvalue weighted by molar-refractivity contribution is 6.02. The maximum absolute atomic E-state index is 12.9. The molecule has 2 unspecified atom stereocenters. The SMILES string of the molecule is CCC(C)c1ccc(OCCCN2C(=O)C(C)CN(C=O)c3ccccc32)cc1. The van der Waals surface area contributed by atoms with E-state index >= 15 is 0 Å². The third-order valence-corrected chi connectivity index (χ3v) is 5.62. The van der Waals surface area contributed by atoms with E-state index in [4.69, 9.17) is 4.74 Å². The molecule has 2 atom stereocenters. The highest BCUT2D eigenvalue weighted by Gasteiger charge is 2.30. The van der Waals surface area contributed by atoms with Crippen molar-refractivity contribution in [3.05, 3.63) is 54.1 Å². The molecule has 5 nitrogen and oxygen atoms in total. The van der Waals surface area contributed by atoms with Gasteiger partial charge in [0, 0.05) is 13.1 Å². The van der Waals surface area contributed by atoms with E-state index in [1.54, 1.807) is 9.80 Å². The van der Waals surface area contributed by atoms with Gasteiger partial charge in [0.25, 0.3) is 0 Å². The predicted molar refractivity (Wildman–Crippen MR) is 117 cm³/mol. The standard InChI is InChI=1S/C24H30N2O3/c1-4-18(2)20-10-12-21(13-11-20)29-15-7-14-26-23-9-6-5-8-22(23)25(17-27)16-19(3)24(26)28/h5-6,8-13,17-19H,4,7,14-16H2,1-3H3. The Bertz CT molecular complexity index is 834. The van der Waals surface area contributed by atoms with E-state index in [0.717, 1.165) is 30.0 Å². The molecule has 0 aliphatic carbocycles. The van der Waals surface area contributed by atoms with Gasteiger partial charge in [-0.05, 0) is 48.6 Å². The summed E-state index contributed by atoms with van der Waals surface area (Å²) in [6, 6.07) is 15.8. The second kappa shape index (κ2) is 9.59. The lowest BCUT2D eigenvalue weighted by Crippen LogP contribution is -2.37. The van der Waals surface area contributed by atoms with Crippen LogP contribution in [0.5, 0.6) is 5.75 Å². The van der Waals surface area contributed by atoms with Crippen LogP contribution in [0.4, 0.5) is 11.4 Å². The molecule has 1 aliphatic heterocycles. The summed E-state index contributed by atoms with van der Waals surface area (Å²) in [5.74, 6) is 1.19. The van der Waals surface area contributed by atoms with E-state index in [1.165, 1.54) is 5.56 Å². The first kappa shape index (κ1) is 20.9. The van der Waals surface area contributed by atoms with E-state index in [1.807, 2.05) is 43.3 Å². The van der Waals surface area contributed by atoms with Gasteiger partial charge in [-0.25, -0.2) is 0 Å². The minimum atomic E-state index is -0.249. The van der Waals surface area contributed by atoms with Crippen LogP contribution in [-0.4, -0.2) is 32.0 Å². The summed E-state index contributed by atoms with van der Waals surface area (Å²) in [5, 5.41) is 0. The van der Waals surface area contributed by atoms with E-state index in [0.29, 0.717) is 32.0 Å². The van der Waals surface area contributed by atoms with Crippen molar-refractivity contribution in [1.82, 2.24) is 0 Å². The monoisotopic (exact) mass is 394 g/mol. The molecule has 2 amide bonds. The van der Waals surface area contributed by atoms with Gasteiger partial charge >= 0.3 is 0 Å². The highest BCUT2D eigenvalue weighted by Crippen LogP contribution is 2.33. The fourth-order valence-corrected chi connectivity index (χ4v) is 3.66. The average molecular weight is 395 g/mol. The molecular formula is C24H30N2O3. The molecule has 2 aromatic carbocycles. The molecule has 154 valence electrons. The van der Waals surface area contributed by atoms with E-state index < -0.39 is 0 Å². The topological polar surface area (TPSA) is 49.9 Å². The predicted octanol–water partition coefficient (Wildman–Crippen LogP) is 4.61. The van der Waals surface area contributed by atoms with Crippen molar-refractivity contribution in [2.45, 2.75) is 39.5 Å². The Hall–Kier alpha value is -2.82. The lowest BCUT2D eigenvalue weighted by atomic mass is 9.99. The number of hydrogen-bond acceptors (Lipinski definition) is 3. The fourth-order valence-electron chi connectivity index (χ4n) is 3.66. The number of fused-ring (bicyclic) bond motifs is 1. The van der Waals surface area contributed by atoms with Crippen LogP contribution in [0.15, 0.2) is 48.5 Å². The minimum absolute atomic E-state index is 0.0414. The number of ether oxygens (including phenoxy) is 1. The van der Waals surface area contributed by atoms with Crippen LogP contribution in [-0.2, 0) is 9.59 Å². The van der Waals surface area contributed by atoms with Gasteiger partial charge in [0.1, 0.15) is 5.75 Å². The summed E-state index contributed by atoms with van der Waals surface area (Å²) in [6.07, 6.45) is 2.63. The molecule has 0 bridgehead atoms. The van der Waals surface area contributed by atoms with Crippen molar-refractivity contribution in [1.29, 1.82) is 0 Å². The van der Waals surface area contributed by atoms with Crippen LogP contribution in [0.25, 0.3) is 0 Å². The largest absolute Gasteiger partial charge is 0.494 e. The molecule has 29 heavy (non-hydrogen) atoms. The zero-order chi connectivity index (χ0) is 20.8. The van der Waals surface area contributed by atoms with Gasteiger partial charge in [-0.1, -0.05) is 45.0 Å². The Labute approximate surface area is 173 Å². The molecule has 0 aromatic heterocycles. The number of para-hydroxylation sites is 2. The second-order valence-corrected chi connectivity index (χ2v) is 7.72. The van der Waals surface area contributed by atoms with Gasteiger partial charge in [0.05, 0.1) is 23.9 Å². The molecule has 3 rings (SSSR count). The zero-order valence-electron chi connectivity index (χ0n) is 17.5. The summed E-state index contributed by atoms with van der Waals surface area (Å²) in [7, 11) is 0. The Morgan fingerprint density at radius 1 is 1.14 bits per heavy atom. The highest BCUT2D eigenvalue weighted by atomic mass is 16.5. The van der Waals surface area contributed by atoms with Crippen LogP contribution in [0.3, 0.4) is 0 Å². The van der Waals surface area contributed by atoms with Crippen molar-refractivity contribution in [2.75, 3.05) is 29.5 Å². The van der Waals surface area contributed by atoms with E-state index in [-0.39, 0.29) is 11.8 Å². The lowest BCUT2D eigenvalue weighted by molar-refractivity contribution is -0.121. The van der Waals surface area contributed by atoms with Crippen LogP contribution < -0.4 is 14.5 Å². The Morgan fingerprint density at radius 2 is 1.83 bits per heavy atom. The first-order valence-corrected chi connectivity index (χ1v) is 10.4. The number of carbonyl (C=O) groups excluding carboxylic acids is 2. The maximum Gasteiger partial charge on any atom is 0.231 e. The van der Waals surface area contributed by atoms with E-state index in [9.17, 15) is 9.59 Å². The van der Waals surface area contributed by atoms with Crippen LogP contribution >= 0.6 is 0 Å². The molecule has 0 spiro atoms. The summed E-state index contributed by atoms with van der Waals surface area (Å²) in [6.45, 7) is 7.76. The fraction of sp³-hybridized carbons (Fsp3) is 0.417. The van der Waals surface area contributed by atoms with Crippen molar-refractivity contribution in [3.63, 3.8) is 0 Å². The van der Waals surface area contributed by atoms with Crippen LogP contribution in [0.1, 0.15) is 45.1 Å². The summed E-state index contributed by atoms with van der Waals surface area (Å²) < 4.78 is 5.88. The van der Waals surface area contributed by atoms with Crippen molar-refractivity contribution in [3.8, 4) is 5.75 Å². The quantitative estimate of drug-likeness (QED) is 0.485. The molecule has 1 heterocycles. The molecule has 2 aromatic rings. The Kier molecular flexibility index (Phi) is 6.91. The van der Waals surface area contributed by atoms with Crippen molar-refractivity contribution < 1.29 is 14.3 Å². The number of hydrogen-bond donors (Lipinski definition) is 0. The molecule has 5 heteroatoms. The van der Waals surface area contributed by atoms with Crippen molar-refractivity contribution in [2.24, 2.45) is 5.92 Å². The first-order chi connectivity index (χ1) is 14.0. The number of nitrogens with zero attached hydrogens (tertiary/aromatic N) is 2. The van der Waals surface area contributed by atoms with Crippen LogP contribution in [0.2, 0.25) is 0 Å². The van der Waals surface area contributed by atoms with Gasteiger partial charge < -0.3 is 14.5 Å². The van der Waals surface area contributed by atoms with Gasteiger partial charge in [0.15, 0.2) is 0 Å². The first-order valence-electron chi connectivity index (χ1n) is 10.4. The third-order valence-electron chi connectivity index (χ3n) is 5.62. The number of benzene rings is 2. The normalized spacial score (nSPS) is 17.5. The average Bonchev–Trinajstić information content (AvgIpc) is 2.86. The zero-order valence-corrected chi connectivity index (χ0v) is 17.5. The summed E-state index contributed by atoms with van der Waals surface area (Å²) >= 11 is 0. The molecule has 0 radical (unpaired) electrons. The van der Waals surface area contributed by atoms with Gasteiger partial charge in [-0.3, -0.25) is 9.59 Å². The van der Waals surface area contributed by atoms with Gasteiger partial charge in [-0.2, -0.15) is 0 Å². The van der Waals surface area contributed by atoms with Crippen LogP contribution in [0, 0.1) is 5.92 Å². The van der Waals surface area contributed by atoms with Gasteiger partial charge in [0.2, 0.25) is 12.3 Å². The van der Waals surface area contributed by atoms with E-state index in [2.05, 4.69) is 26.0 Å². The minimum Gasteiger partial charge on any atom is -0.494 e. The Morgan fingerprint density at radius 3 is 2.48 bits per heavy atom. The molecule has 0 N–H and O–H groups in total. The number of amides is 2. The smallest absolute Gasteiger partial charge is 0.231 e. The maximum atomic E-state index is 12.9. The molecular weight excluding hydrogens is 364 g/mol. The number of anilines is 2. The molecule has 1 aliphatic rings. The molecule has 0 saturated carbocycles. The van der Waals surface area contributed by atoms with Gasteiger partial charge in [-0.15, -0.1) is 0 Å². The summed E-state index contributed by atoms with van der Waals surface area (Å²) in [5.41, 5.74) is 2.88. The second-order valence-electron chi connectivity index (χ2n) is 7.72. The molecule has 0 fully saturated rings. The number of carbonyl (C=O) groups is 2. The Balaban J connectivity index is 1.63. The van der Waals surface area contributed by atoms with Crippen molar-refractivity contribution >= 4 is 23.7 Å². The summed E-state index contributed by atoms with van der Waals surface area (Å²) in [4.78, 5) is 27.8. The number of rotatable bonds is 8. The molecule has 0 saturated heterocycles.